The second kappa shape index (κ2) is 4.51. The summed E-state index contributed by atoms with van der Waals surface area (Å²) < 4.78 is 0. The van der Waals surface area contributed by atoms with Crippen molar-refractivity contribution >= 4 is 11.9 Å². The van der Waals surface area contributed by atoms with Gasteiger partial charge in [0.2, 0.25) is 0 Å². The number of nitrogens with one attached hydrogen (secondary N) is 1. The zero-order valence-corrected chi connectivity index (χ0v) is 6.94. The van der Waals surface area contributed by atoms with E-state index in [0.29, 0.717) is 0 Å². The van der Waals surface area contributed by atoms with Gasteiger partial charge in [-0.25, -0.2) is 0 Å². The van der Waals surface area contributed by atoms with Crippen molar-refractivity contribution in [3.63, 3.8) is 0 Å². The molecule has 0 amide bonds. The molecule has 0 aliphatic rings. The fourth-order valence-corrected chi connectivity index (χ4v) is 0.732. The van der Waals surface area contributed by atoms with E-state index in [9.17, 15) is 0 Å². The Labute approximate surface area is 71.7 Å². The van der Waals surface area contributed by atoms with Gasteiger partial charge in [0.05, 0.1) is 18.0 Å². The maximum Gasteiger partial charge on any atom is 0.0880 e. The van der Waals surface area contributed by atoms with Gasteiger partial charge in [-0.15, -0.1) is 0 Å². The largest absolute Gasteiger partial charge is 0.388 e. The predicted molar refractivity (Wildman–Crippen MR) is 50.2 cm³/mol. The maximum absolute atomic E-state index is 8.84. The number of hydrogen-bond acceptors (Lipinski definition) is 3. The molecule has 12 heavy (non-hydrogen) atoms. The molecule has 64 valence electrons. The lowest BCUT2D eigenvalue weighted by Gasteiger charge is -1.98. The van der Waals surface area contributed by atoms with E-state index in [-0.39, 0.29) is 0 Å². The molecule has 0 bridgehead atoms. The molecule has 3 heteroatoms. The van der Waals surface area contributed by atoms with Gasteiger partial charge in [0.25, 0.3) is 0 Å². The van der Waals surface area contributed by atoms with Crippen molar-refractivity contribution < 1.29 is 5.11 Å². The van der Waals surface area contributed by atoms with Crippen LogP contribution in [0.5, 0.6) is 0 Å². The molecule has 1 rings (SSSR count). The van der Waals surface area contributed by atoms with Crippen molar-refractivity contribution in [1.82, 2.24) is 0 Å². The molecule has 2 N–H and O–H groups in total. The van der Waals surface area contributed by atoms with Crippen LogP contribution in [0.4, 0.5) is 5.69 Å². The molecule has 1 aromatic rings. The van der Waals surface area contributed by atoms with Gasteiger partial charge in [-0.3, -0.25) is 5.43 Å². The van der Waals surface area contributed by atoms with Crippen LogP contribution in [-0.2, 0) is 0 Å². The molecule has 0 radical (unpaired) electrons. The molecule has 0 aliphatic heterocycles. The minimum Gasteiger partial charge on any atom is -0.388 e. The van der Waals surface area contributed by atoms with Crippen molar-refractivity contribution in [3.8, 4) is 0 Å². The number of aliphatic hydroxyl groups excluding tert-OH is 1. The lowest BCUT2D eigenvalue weighted by atomic mass is 10.3. The number of hydrazone groups is 1. The molecule has 1 atom stereocenters. The van der Waals surface area contributed by atoms with Gasteiger partial charge in [0.1, 0.15) is 0 Å². The molecule has 1 aromatic carbocycles. The first-order valence-electron chi connectivity index (χ1n) is 3.81. The number of benzene rings is 1. The van der Waals surface area contributed by atoms with E-state index < -0.39 is 6.10 Å². The van der Waals surface area contributed by atoms with E-state index in [0.717, 1.165) is 5.69 Å². The van der Waals surface area contributed by atoms with Gasteiger partial charge in [0.15, 0.2) is 0 Å². The van der Waals surface area contributed by atoms with E-state index in [4.69, 9.17) is 5.11 Å². The van der Waals surface area contributed by atoms with Crippen LogP contribution >= 0.6 is 0 Å². The Morgan fingerprint density at radius 1 is 1.42 bits per heavy atom. The molecule has 0 heterocycles. The first kappa shape index (κ1) is 8.74. The normalized spacial score (nSPS) is 13.2. The summed E-state index contributed by atoms with van der Waals surface area (Å²) >= 11 is 0. The summed E-state index contributed by atoms with van der Waals surface area (Å²) in [6.45, 7) is 1.65. The lowest BCUT2D eigenvalue weighted by Crippen LogP contribution is -2.02. The number of hydrogen-bond donors (Lipinski definition) is 2. The van der Waals surface area contributed by atoms with Crippen molar-refractivity contribution in [1.29, 1.82) is 0 Å². The third-order valence-corrected chi connectivity index (χ3v) is 1.26. The lowest BCUT2D eigenvalue weighted by molar-refractivity contribution is 0.267. The van der Waals surface area contributed by atoms with Crippen LogP contribution in [0, 0.1) is 0 Å². The molecule has 0 spiro atoms. The average Bonchev–Trinajstić information content (AvgIpc) is 2.05. The Morgan fingerprint density at radius 3 is 2.67 bits per heavy atom. The van der Waals surface area contributed by atoms with Gasteiger partial charge in [0, 0.05) is 0 Å². The summed E-state index contributed by atoms with van der Waals surface area (Å²) in [4.78, 5) is 0. The molecule has 0 aromatic heterocycles. The standard InChI is InChI=1S/C9H12N2O/c1-8(12)7-10-11-9-5-3-2-4-6-9/h2-8,11-12H,1H3/b10-7+/t8-/m0/s1. The topological polar surface area (TPSA) is 44.6 Å². The van der Waals surface area contributed by atoms with Gasteiger partial charge in [-0.1, -0.05) is 18.2 Å². The number of rotatable bonds is 3. The second-order valence-electron chi connectivity index (χ2n) is 2.50. The van der Waals surface area contributed by atoms with Gasteiger partial charge >= 0.3 is 0 Å². The molecular weight excluding hydrogens is 152 g/mol. The third-order valence-electron chi connectivity index (χ3n) is 1.26. The molecule has 3 nitrogen and oxygen atoms in total. The van der Waals surface area contributed by atoms with E-state index in [1.807, 2.05) is 30.3 Å². The van der Waals surface area contributed by atoms with Crippen LogP contribution < -0.4 is 5.43 Å². The highest BCUT2D eigenvalue weighted by molar-refractivity contribution is 5.63. The SMILES string of the molecule is C[C@H](O)/C=N/Nc1ccccc1. The molecule has 0 saturated carbocycles. The maximum atomic E-state index is 8.84. The Morgan fingerprint density at radius 2 is 2.08 bits per heavy atom. The fourth-order valence-electron chi connectivity index (χ4n) is 0.732. The van der Waals surface area contributed by atoms with Crippen LogP contribution in [0.3, 0.4) is 0 Å². The summed E-state index contributed by atoms with van der Waals surface area (Å²) in [5, 5.41) is 12.7. The highest BCUT2D eigenvalue weighted by Crippen LogP contribution is 2.03. The Balaban J connectivity index is 2.43. The van der Waals surface area contributed by atoms with E-state index in [2.05, 4.69) is 10.5 Å². The smallest absolute Gasteiger partial charge is 0.0880 e. The molecular formula is C9H12N2O. The monoisotopic (exact) mass is 164 g/mol. The zero-order chi connectivity index (χ0) is 8.81. The molecule has 0 unspecified atom stereocenters. The zero-order valence-electron chi connectivity index (χ0n) is 6.94. The number of anilines is 1. The van der Waals surface area contributed by atoms with Crippen molar-refractivity contribution in [3.05, 3.63) is 30.3 Å². The van der Waals surface area contributed by atoms with Crippen molar-refractivity contribution in [2.75, 3.05) is 5.43 Å². The first-order chi connectivity index (χ1) is 5.79. The number of nitrogens with zero attached hydrogens (tertiary/aromatic N) is 1. The van der Waals surface area contributed by atoms with Crippen molar-refractivity contribution in [2.24, 2.45) is 5.10 Å². The van der Waals surface area contributed by atoms with Crippen LogP contribution in [0.1, 0.15) is 6.92 Å². The highest BCUT2D eigenvalue weighted by Gasteiger charge is 1.86. The van der Waals surface area contributed by atoms with E-state index >= 15 is 0 Å². The molecule has 0 fully saturated rings. The Bertz CT molecular complexity index is 244. The third kappa shape index (κ3) is 3.16. The van der Waals surface area contributed by atoms with Crippen LogP contribution in [0.25, 0.3) is 0 Å². The van der Waals surface area contributed by atoms with E-state index in [1.54, 1.807) is 6.92 Å². The predicted octanol–water partition coefficient (Wildman–Crippen LogP) is 1.47. The van der Waals surface area contributed by atoms with Gasteiger partial charge < -0.3 is 5.11 Å². The highest BCUT2D eigenvalue weighted by atomic mass is 16.3. The minimum atomic E-state index is -0.513. The second-order valence-corrected chi connectivity index (χ2v) is 2.50. The minimum absolute atomic E-state index is 0.513. The summed E-state index contributed by atoms with van der Waals surface area (Å²) in [5.74, 6) is 0. The summed E-state index contributed by atoms with van der Waals surface area (Å²) in [6, 6.07) is 9.57. The average molecular weight is 164 g/mol. The first-order valence-corrected chi connectivity index (χ1v) is 3.81. The van der Waals surface area contributed by atoms with Crippen LogP contribution in [0.15, 0.2) is 35.4 Å². The number of para-hydroxylation sites is 1. The van der Waals surface area contributed by atoms with Gasteiger partial charge in [-0.2, -0.15) is 5.10 Å². The summed E-state index contributed by atoms with van der Waals surface area (Å²) in [6.07, 6.45) is 0.925. The van der Waals surface area contributed by atoms with Crippen molar-refractivity contribution in [2.45, 2.75) is 13.0 Å². The Hall–Kier alpha value is -1.35. The van der Waals surface area contributed by atoms with Gasteiger partial charge in [-0.05, 0) is 19.1 Å². The van der Waals surface area contributed by atoms with Crippen LogP contribution in [0.2, 0.25) is 0 Å². The number of aliphatic hydroxyl groups is 1. The molecule has 0 saturated heterocycles. The van der Waals surface area contributed by atoms with Crippen LogP contribution in [-0.4, -0.2) is 17.4 Å². The van der Waals surface area contributed by atoms with E-state index in [1.165, 1.54) is 6.21 Å². The summed E-state index contributed by atoms with van der Waals surface area (Å²) in [5.41, 5.74) is 3.70. The fraction of sp³-hybridized carbons (Fsp3) is 0.222. The Kier molecular flexibility index (Phi) is 3.29. The quantitative estimate of drug-likeness (QED) is 0.524. The summed E-state index contributed by atoms with van der Waals surface area (Å²) in [7, 11) is 0. The molecule has 0 aliphatic carbocycles.